The topological polar surface area (TPSA) is 39.7 Å². The van der Waals surface area contributed by atoms with Crippen molar-refractivity contribution in [2.45, 2.75) is 45.3 Å². The second-order valence-electron chi connectivity index (χ2n) is 7.31. The molecule has 4 rings (SSSR count). The molecule has 0 bridgehead atoms. The fourth-order valence-corrected chi connectivity index (χ4v) is 4.51. The number of hydrogen-bond acceptors (Lipinski definition) is 4. The standard InChI is InChI=1S/C23H29NO3/c1-4-15-11-12-19-18(14-15)22-16(9-7-13-27-22)21(24-19)17-8-6-10-20(26-5-2)23(17)25-3/h6,8,10-12,14,16,21-22,24H,4-5,7,9,13H2,1-3H3/t16-,21-,22-/m0/s1. The Labute approximate surface area is 161 Å². The normalized spacial score (nSPS) is 23.7. The van der Waals surface area contributed by atoms with Crippen LogP contribution in [0.3, 0.4) is 0 Å². The molecule has 0 aromatic heterocycles. The Hall–Kier alpha value is -2.20. The zero-order chi connectivity index (χ0) is 18.8. The average molecular weight is 367 g/mol. The molecule has 4 heteroatoms. The second-order valence-corrected chi connectivity index (χ2v) is 7.31. The van der Waals surface area contributed by atoms with Gasteiger partial charge in [-0.3, -0.25) is 0 Å². The minimum Gasteiger partial charge on any atom is -0.492 e. The number of aryl methyl sites for hydroxylation is 1. The first-order valence-corrected chi connectivity index (χ1v) is 10.1. The monoisotopic (exact) mass is 367 g/mol. The molecular weight excluding hydrogens is 338 g/mol. The summed E-state index contributed by atoms with van der Waals surface area (Å²) in [5.41, 5.74) is 4.98. The molecule has 2 aromatic carbocycles. The number of ether oxygens (including phenoxy) is 3. The van der Waals surface area contributed by atoms with Crippen LogP contribution in [0.15, 0.2) is 36.4 Å². The summed E-state index contributed by atoms with van der Waals surface area (Å²) in [4.78, 5) is 0. The highest BCUT2D eigenvalue weighted by molar-refractivity contribution is 5.60. The molecule has 0 radical (unpaired) electrons. The predicted octanol–water partition coefficient (Wildman–Crippen LogP) is 5.29. The molecule has 2 aliphatic rings. The molecule has 1 saturated heterocycles. The van der Waals surface area contributed by atoms with Gasteiger partial charge < -0.3 is 19.5 Å². The Morgan fingerprint density at radius 1 is 1.15 bits per heavy atom. The number of anilines is 1. The van der Waals surface area contributed by atoms with E-state index >= 15 is 0 Å². The van der Waals surface area contributed by atoms with Gasteiger partial charge in [0.25, 0.3) is 0 Å². The lowest BCUT2D eigenvalue weighted by molar-refractivity contribution is -0.0383. The Morgan fingerprint density at radius 3 is 2.81 bits per heavy atom. The highest BCUT2D eigenvalue weighted by Crippen LogP contribution is 2.51. The van der Waals surface area contributed by atoms with Crippen LogP contribution in [0.2, 0.25) is 0 Å². The van der Waals surface area contributed by atoms with Crippen molar-refractivity contribution in [2.75, 3.05) is 25.6 Å². The van der Waals surface area contributed by atoms with Crippen LogP contribution in [0.4, 0.5) is 5.69 Å². The van der Waals surface area contributed by atoms with E-state index in [2.05, 4.69) is 42.6 Å². The van der Waals surface area contributed by atoms with Crippen LogP contribution >= 0.6 is 0 Å². The number of para-hydroxylation sites is 1. The van der Waals surface area contributed by atoms with Gasteiger partial charge in [-0.1, -0.05) is 31.2 Å². The molecule has 0 saturated carbocycles. The van der Waals surface area contributed by atoms with Crippen LogP contribution < -0.4 is 14.8 Å². The van der Waals surface area contributed by atoms with E-state index in [-0.39, 0.29) is 12.1 Å². The van der Waals surface area contributed by atoms with E-state index < -0.39 is 0 Å². The SMILES string of the molecule is CCOc1cccc([C@H]2Nc3ccc(CC)cc3[C@H]3OCCC[C@@H]23)c1OC. The maximum atomic E-state index is 6.30. The summed E-state index contributed by atoms with van der Waals surface area (Å²) in [6.45, 7) is 5.65. The van der Waals surface area contributed by atoms with Gasteiger partial charge >= 0.3 is 0 Å². The first-order chi connectivity index (χ1) is 13.3. The number of benzene rings is 2. The molecule has 4 nitrogen and oxygen atoms in total. The molecule has 3 atom stereocenters. The maximum Gasteiger partial charge on any atom is 0.165 e. The molecule has 2 heterocycles. The summed E-state index contributed by atoms with van der Waals surface area (Å²) in [6, 6.07) is 13.1. The lowest BCUT2D eigenvalue weighted by Gasteiger charge is -2.43. The Bertz CT molecular complexity index is 804. The molecule has 144 valence electrons. The summed E-state index contributed by atoms with van der Waals surface area (Å²) >= 11 is 0. The van der Waals surface area contributed by atoms with Gasteiger partial charge in [-0.25, -0.2) is 0 Å². The summed E-state index contributed by atoms with van der Waals surface area (Å²) in [7, 11) is 1.72. The van der Waals surface area contributed by atoms with E-state index in [4.69, 9.17) is 14.2 Å². The molecule has 2 aromatic rings. The Morgan fingerprint density at radius 2 is 2.04 bits per heavy atom. The molecule has 2 aliphatic heterocycles. The van der Waals surface area contributed by atoms with Crippen molar-refractivity contribution in [3.05, 3.63) is 53.1 Å². The van der Waals surface area contributed by atoms with Gasteiger partial charge in [-0.2, -0.15) is 0 Å². The minimum absolute atomic E-state index is 0.131. The van der Waals surface area contributed by atoms with Crippen molar-refractivity contribution in [1.29, 1.82) is 0 Å². The van der Waals surface area contributed by atoms with Crippen molar-refractivity contribution in [2.24, 2.45) is 5.92 Å². The third kappa shape index (κ3) is 3.27. The zero-order valence-corrected chi connectivity index (χ0v) is 16.5. The zero-order valence-electron chi connectivity index (χ0n) is 16.5. The molecule has 1 N–H and O–H groups in total. The van der Waals surface area contributed by atoms with Gasteiger partial charge in [0.1, 0.15) is 0 Å². The summed E-state index contributed by atoms with van der Waals surface area (Å²) in [6.07, 6.45) is 3.40. The van der Waals surface area contributed by atoms with E-state index in [1.807, 2.05) is 13.0 Å². The quantitative estimate of drug-likeness (QED) is 0.779. The van der Waals surface area contributed by atoms with E-state index in [0.29, 0.717) is 12.5 Å². The van der Waals surface area contributed by atoms with Crippen LogP contribution in [-0.2, 0) is 11.2 Å². The van der Waals surface area contributed by atoms with E-state index in [1.54, 1.807) is 7.11 Å². The maximum absolute atomic E-state index is 6.30. The predicted molar refractivity (Wildman–Crippen MR) is 108 cm³/mol. The molecule has 27 heavy (non-hydrogen) atoms. The van der Waals surface area contributed by atoms with Crippen molar-refractivity contribution >= 4 is 5.69 Å². The number of methoxy groups -OCH3 is 1. The molecule has 0 unspecified atom stereocenters. The van der Waals surface area contributed by atoms with E-state index in [1.165, 1.54) is 16.8 Å². The molecular formula is C23H29NO3. The van der Waals surface area contributed by atoms with E-state index in [9.17, 15) is 0 Å². The minimum atomic E-state index is 0.131. The highest BCUT2D eigenvalue weighted by Gasteiger charge is 2.41. The molecule has 0 amide bonds. The number of fused-ring (bicyclic) bond motifs is 3. The second kappa shape index (κ2) is 7.81. The lowest BCUT2D eigenvalue weighted by Crippen LogP contribution is -2.36. The van der Waals surface area contributed by atoms with Crippen molar-refractivity contribution in [3.8, 4) is 11.5 Å². The van der Waals surface area contributed by atoms with Crippen LogP contribution in [0.5, 0.6) is 11.5 Å². The van der Waals surface area contributed by atoms with Crippen LogP contribution in [0.25, 0.3) is 0 Å². The fourth-order valence-electron chi connectivity index (χ4n) is 4.51. The number of nitrogens with one attached hydrogen (secondary N) is 1. The van der Waals surface area contributed by atoms with Gasteiger partial charge in [0.05, 0.1) is 25.9 Å². The smallest absolute Gasteiger partial charge is 0.165 e. The molecule has 0 spiro atoms. The molecule has 1 fully saturated rings. The Balaban J connectivity index is 1.78. The average Bonchev–Trinajstić information content (AvgIpc) is 2.73. The number of rotatable bonds is 5. The highest BCUT2D eigenvalue weighted by atomic mass is 16.5. The van der Waals surface area contributed by atoms with Crippen LogP contribution in [0, 0.1) is 5.92 Å². The molecule has 0 aliphatic carbocycles. The van der Waals surface area contributed by atoms with Crippen molar-refractivity contribution in [1.82, 2.24) is 0 Å². The van der Waals surface area contributed by atoms with Gasteiger partial charge in [-0.15, -0.1) is 0 Å². The van der Waals surface area contributed by atoms with Gasteiger partial charge in [0.2, 0.25) is 0 Å². The van der Waals surface area contributed by atoms with Crippen LogP contribution in [-0.4, -0.2) is 20.3 Å². The first kappa shape index (κ1) is 18.2. The van der Waals surface area contributed by atoms with Crippen molar-refractivity contribution in [3.63, 3.8) is 0 Å². The summed E-state index contributed by atoms with van der Waals surface area (Å²) in [5.74, 6) is 2.01. The summed E-state index contributed by atoms with van der Waals surface area (Å²) < 4.78 is 17.9. The van der Waals surface area contributed by atoms with Gasteiger partial charge in [-0.05, 0) is 43.9 Å². The van der Waals surface area contributed by atoms with Gasteiger partial charge in [0.15, 0.2) is 11.5 Å². The number of hydrogen-bond donors (Lipinski definition) is 1. The van der Waals surface area contributed by atoms with Gasteiger partial charge in [0, 0.05) is 29.3 Å². The summed E-state index contributed by atoms with van der Waals surface area (Å²) in [5, 5.41) is 3.79. The van der Waals surface area contributed by atoms with Crippen LogP contribution in [0.1, 0.15) is 55.5 Å². The van der Waals surface area contributed by atoms with E-state index in [0.717, 1.165) is 42.9 Å². The third-order valence-electron chi connectivity index (χ3n) is 5.79. The lowest BCUT2D eigenvalue weighted by atomic mass is 9.77. The Kier molecular flexibility index (Phi) is 5.26. The third-order valence-corrected chi connectivity index (χ3v) is 5.79. The first-order valence-electron chi connectivity index (χ1n) is 10.1. The van der Waals surface area contributed by atoms with Crippen molar-refractivity contribution < 1.29 is 14.2 Å². The fraction of sp³-hybridized carbons (Fsp3) is 0.478. The largest absolute Gasteiger partial charge is 0.492 e.